The molecule has 0 spiro atoms. The Bertz CT molecular complexity index is 1660. The molecule has 1 saturated heterocycles. The molecule has 0 atom stereocenters. The maximum absolute atomic E-state index is 6.28. The van der Waals surface area contributed by atoms with Crippen LogP contribution in [-0.4, -0.2) is 52.7 Å². The smallest absolute Gasteiger partial charge is 0.141 e. The molecule has 0 bridgehead atoms. The molecule has 2 aromatic heterocycles. The fourth-order valence-electron chi connectivity index (χ4n) is 4.52. The van der Waals surface area contributed by atoms with Gasteiger partial charge in [0.05, 0.1) is 25.3 Å². The lowest BCUT2D eigenvalue weighted by Gasteiger charge is -2.24. The van der Waals surface area contributed by atoms with Gasteiger partial charge in [-0.1, -0.05) is 24.0 Å². The van der Waals surface area contributed by atoms with Crippen molar-refractivity contribution in [2.24, 2.45) is 0 Å². The Morgan fingerprint density at radius 3 is 2.79 bits per heavy atom. The molecule has 0 saturated carbocycles. The molecule has 1 N–H and O–H groups in total. The number of aryl methyl sites for hydroxylation is 1. The first-order valence-corrected chi connectivity index (χ1v) is 12.6. The van der Waals surface area contributed by atoms with Gasteiger partial charge in [0.1, 0.15) is 23.6 Å². The summed E-state index contributed by atoms with van der Waals surface area (Å²) < 4.78 is 11.7. The minimum Gasteiger partial charge on any atom is -0.456 e. The van der Waals surface area contributed by atoms with Gasteiger partial charge in [0.25, 0.3) is 0 Å². The summed E-state index contributed by atoms with van der Waals surface area (Å²) >= 11 is 0. The number of pyridine rings is 1. The van der Waals surface area contributed by atoms with Gasteiger partial charge in [0, 0.05) is 47.5 Å². The monoisotopic (exact) mass is 501 g/mol. The molecule has 1 aliphatic heterocycles. The molecule has 188 valence electrons. The molecule has 6 rings (SSSR count). The molecule has 0 aliphatic carbocycles. The van der Waals surface area contributed by atoms with E-state index in [1.807, 2.05) is 61.7 Å². The van der Waals surface area contributed by atoms with E-state index in [0.717, 1.165) is 88.7 Å². The first-order valence-electron chi connectivity index (χ1n) is 12.6. The highest BCUT2D eigenvalue weighted by Gasteiger charge is 2.10. The highest BCUT2D eigenvalue weighted by Crippen LogP contribution is 2.33. The van der Waals surface area contributed by atoms with Gasteiger partial charge in [0.15, 0.2) is 0 Å². The van der Waals surface area contributed by atoms with Crippen LogP contribution in [0.4, 0.5) is 11.5 Å². The summed E-state index contributed by atoms with van der Waals surface area (Å²) in [6.07, 6.45) is 5.19. The number of rotatable bonds is 5. The number of aromatic nitrogens is 3. The number of nitrogens with one attached hydrogen (secondary N) is 1. The predicted molar refractivity (Wildman–Crippen MR) is 150 cm³/mol. The molecular formula is C31H27N5O2. The van der Waals surface area contributed by atoms with Gasteiger partial charge < -0.3 is 14.8 Å². The number of morpholine rings is 1. The number of hydrogen-bond acceptors (Lipinski definition) is 7. The predicted octanol–water partition coefficient (Wildman–Crippen LogP) is 5.71. The van der Waals surface area contributed by atoms with Crippen LogP contribution in [0.3, 0.4) is 0 Å². The van der Waals surface area contributed by atoms with E-state index in [1.165, 1.54) is 0 Å². The third-order valence-electron chi connectivity index (χ3n) is 6.58. The minimum atomic E-state index is 0.736. The van der Waals surface area contributed by atoms with Crippen LogP contribution in [0.1, 0.15) is 11.1 Å². The van der Waals surface area contributed by atoms with Crippen LogP contribution in [-0.2, 0) is 4.74 Å². The van der Waals surface area contributed by atoms with E-state index in [1.54, 1.807) is 12.5 Å². The Morgan fingerprint density at radius 1 is 0.974 bits per heavy atom. The number of nitrogens with zero attached hydrogens (tertiary/aromatic N) is 4. The van der Waals surface area contributed by atoms with E-state index in [9.17, 15) is 0 Å². The van der Waals surface area contributed by atoms with Crippen LogP contribution in [0.15, 0.2) is 79.4 Å². The lowest BCUT2D eigenvalue weighted by molar-refractivity contribution is 0.0443. The van der Waals surface area contributed by atoms with Gasteiger partial charge in [-0.3, -0.25) is 9.88 Å². The second-order valence-electron chi connectivity index (χ2n) is 9.20. The first-order chi connectivity index (χ1) is 18.7. The number of anilines is 2. The summed E-state index contributed by atoms with van der Waals surface area (Å²) in [5.41, 5.74) is 3.72. The summed E-state index contributed by atoms with van der Waals surface area (Å²) in [5, 5.41) is 6.45. The molecule has 5 aromatic rings. The molecule has 7 nitrogen and oxygen atoms in total. The lowest BCUT2D eigenvalue weighted by atomic mass is 10.1. The Kier molecular flexibility index (Phi) is 6.81. The summed E-state index contributed by atoms with van der Waals surface area (Å²) in [6.45, 7) is 6.17. The second kappa shape index (κ2) is 10.9. The molecule has 1 fully saturated rings. The van der Waals surface area contributed by atoms with E-state index in [0.29, 0.717) is 0 Å². The van der Waals surface area contributed by atoms with Crippen molar-refractivity contribution in [2.75, 3.05) is 38.2 Å². The van der Waals surface area contributed by atoms with Crippen LogP contribution >= 0.6 is 0 Å². The quantitative estimate of drug-likeness (QED) is 0.310. The zero-order valence-corrected chi connectivity index (χ0v) is 21.1. The number of fused-ring (bicyclic) bond motifs is 2. The van der Waals surface area contributed by atoms with Crippen molar-refractivity contribution < 1.29 is 9.47 Å². The fraction of sp³-hybridized carbons (Fsp3) is 0.194. The highest BCUT2D eigenvalue weighted by atomic mass is 16.5. The van der Waals surface area contributed by atoms with Gasteiger partial charge in [-0.05, 0) is 66.4 Å². The minimum absolute atomic E-state index is 0.736. The van der Waals surface area contributed by atoms with Crippen molar-refractivity contribution in [3.8, 4) is 23.3 Å². The van der Waals surface area contributed by atoms with Gasteiger partial charge in [-0.25, -0.2) is 9.97 Å². The topological polar surface area (TPSA) is 72.4 Å². The maximum atomic E-state index is 6.28. The largest absolute Gasteiger partial charge is 0.456 e. The Morgan fingerprint density at radius 2 is 1.89 bits per heavy atom. The Labute approximate surface area is 221 Å². The first kappa shape index (κ1) is 23.9. The van der Waals surface area contributed by atoms with Crippen molar-refractivity contribution in [1.29, 1.82) is 0 Å². The van der Waals surface area contributed by atoms with Gasteiger partial charge in [-0.2, -0.15) is 0 Å². The summed E-state index contributed by atoms with van der Waals surface area (Å²) in [6, 6.07) is 20.0. The number of ether oxygens (including phenoxy) is 2. The second-order valence-corrected chi connectivity index (χ2v) is 9.20. The summed E-state index contributed by atoms with van der Waals surface area (Å²) in [5.74, 6) is 8.89. The van der Waals surface area contributed by atoms with E-state index in [4.69, 9.17) is 9.47 Å². The van der Waals surface area contributed by atoms with Crippen LogP contribution < -0.4 is 10.1 Å². The SMILES string of the molecule is Cc1cc(Nc2ncnc3ccc(C#CCN4CCOCC4)cc23)ccc1Oc1cccc2ccncc12. The van der Waals surface area contributed by atoms with Crippen LogP contribution in [0, 0.1) is 18.8 Å². The molecule has 1 aliphatic rings. The molecular weight excluding hydrogens is 474 g/mol. The average Bonchev–Trinajstić information content (AvgIpc) is 2.95. The molecule has 3 heterocycles. The van der Waals surface area contributed by atoms with Gasteiger partial charge in [0.2, 0.25) is 0 Å². The molecule has 3 aromatic carbocycles. The standard InChI is InChI=1S/C31H27N5O2/c1-22-18-25(8-10-29(22)38-30-6-2-5-24-11-12-32-20-27(24)30)35-31-26-19-23(7-9-28(26)33-21-34-31)4-3-13-36-14-16-37-17-15-36/h2,5-12,18-21H,13-17H2,1H3,(H,33,34,35). The highest BCUT2D eigenvalue weighted by molar-refractivity contribution is 5.91. The zero-order valence-electron chi connectivity index (χ0n) is 21.1. The number of hydrogen-bond donors (Lipinski definition) is 1. The Hall–Kier alpha value is -4.51. The van der Waals surface area contributed by atoms with E-state index in [-0.39, 0.29) is 0 Å². The third-order valence-corrected chi connectivity index (χ3v) is 6.58. The molecule has 0 unspecified atom stereocenters. The van der Waals surface area contributed by atoms with Crippen LogP contribution in [0.5, 0.6) is 11.5 Å². The maximum Gasteiger partial charge on any atom is 0.141 e. The summed E-state index contributed by atoms with van der Waals surface area (Å²) in [4.78, 5) is 15.5. The van der Waals surface area contributed by atoms with Crippen LogP contribution in [0.2, 0.25) is 0 Å². The van der Waals surface area contributed by atoms with Crippen LogP contribution in [0.25, 0.3) is 21.7 Å². The summed E-state index contributed by atoms with van der Waals surface area (Å²) in [7, 11) is 0. The third kappa shape index (κ3) is 5.28. The molecule has 0 radical (unpaired) electrons. The van der Waals surface area contributed by atoms with Crippen molar-refractivity contribution in [2.45, 2.75) is 6.92 Å². The fourth-order valence-corrected chi connectivity index (χ4v) is 4.52. The van der Waals surface area contributed by atoms with Crippen molar-refractivity contribution >= 4 is 33.2 Å². The molecule has 38 heavy (non-hydrogen) atoms. The lowest BCUT2D eigenvalue weighted by Crippen LogP contribution is -2.36. The average molecular weight is 502 g/mol. The molecule has 7 heteroatoms. The van der Waals surface area contributed by atoms with Gasteiger partial charge in [-0.15, -0.1) is 0 Å². The normalized spacial score (nSPS) is 13.7. The van der Waals surface area contributed by atoms with Crippen molar-refractivity contribution in [1.82, 2.24) is 19.9 Å². The zero-order chi connectivity index (χ0) is 25.7. The Balaban J connectivity index is 1.22. The number of benzene rings is 3. The molecule has 0 amide bonds. The van der Waals surface area contributed by atoms with E-state index < -0.39 is 0 Å². The van der Waals surface area contributed by atoms with Crippen molar-refractivity contribution in [3.63, 3.8) is 0 Å². The van der Waals surface area contributed by atoms with Crippen molar-refractivity contribution in [3.05, 3.63) is 90.5 Å². The van der Waals surface area contributed by atoms with E-state index >= 15 is 0 Å². The van der Waals surface area contributed by atoms with Gasteiger partial charge >= 0.3 is 0 Å². The van der Waals surface area contributed by atoms with E-state index in [2.05, 4.69) is 49.1 Å².